The summed E-state index contributed by atoms with van der Waals surface area (Å²) in [6.07, 6.45) is 5.38. The molecule has 2 aliphatic heterocycles. The van der Waals surface area contributed by atoms with Crippen molar-refractivity contribution in [1.29, 1.82) is 0 Å². The number of anilines is 1. The van der Waals surface area contributed by atoms with Crippen LogP contribution in [0, 0.1) is 6.92 Å². The van der Waals surface area contributed by atoms with Crippen LogP contribution in [0.2, 0.25) is 0 Å². The minimum Gasteiger partial charge on any atom is -0.353 e. The fraction of sp³-hybridized carbons (Fsp3) is 0.417. The number of nitrogens with zero attached hydrogens (tertiary/aromatic N) is 4. The van der Waals surface area contributed by atoms with Gasteiger partial charge in [-0.15, -0.1) is 0 Å². The molecule has 2 aromatic rings. The van der Waals surface area contributed by atoms with Gasteiger partial charge in [-0.3, -0.25) is 24.5 Å². The van der Waals surface area contributed by atoms with Gasteiger partial charge >= 0.3 is 0 Å². The molecule has 1 aliphatic carbocycles. The Morgan fingerprint density at radius 1 is 1.17 bits per heavy atom. The van der Waals surface area contributed by atoms with Crippen molar-refractivity contribution in [2.24, 2.45) is 9.98 Å². The highest BCUT2D eigenvalue weighted by Gasteiger charge is 2.42. The Morgan fingerprint density at radius 3 is 2.74 bits per heavy atom. The number of H-pyrrole nitrogens is 1. The number of thioether (sulfide) groups is 1. The van der Waals surface area contributed by atoms with Crippen molar-refractivity contribution in [3.05, 3.63) is 41.6 Å². The number of aliphatic imine (C=N–C) groups is 2. The molecule has 3 amide bonds. The van der Waals surface area contributed by atoms with Crippen LogP contribution in [-0.4, -0.2) is 61.7 Å². The summed E-state index contributed by atoms with van der Waals surface area (Å²) in [6.45, 7) is 1.84. The zero-order chi connectivity index (χ0) is 24.4. The summed E-state index contributed by atoms with van der Waals surface area (Å²) in [4.78, 5) is 49.2. The van der Waals surface area contributed by atoms with E-state index in [2.05, 4.69) is 30.8 Å². The normalized spacial score (nSPS) is 19.5. The molecule has 35 heavy (non-hydrogen) atoms. The SMILES string of the molecule is Cc1cc(NC(=O)CSC2=Nc3ccccc3C3=NC(CC(=O)NC4CCCCC4)C(=O)N23)n[nH]1. The van der Waals surface area contributed by atoms with Crippen LogP contribution in [0.25, 0.3) is 0 Å². The molecule has 0 spiro atoms. The van der Waals surface area contributed by atoms with E-state index in [-0.39, 0.29) is 35.9 Å². The predicted octanol–water partition coefficient (Wildman–Crippen LogP) is 2.89. The summed E-state index contributed by atoms with van der Waals surface area (Å²) in [7, 11) is 0. The van der Waals surface area contributed by atoms with Crippen LogP contribution in [0.1, 0.15) is 49.8 Å². The topological polar surface area (TPSA) is 132 Å². The molecule has 11 heteroatoms. The summed E-state index contributed by atoms with van der Waals surface area (Å²) >= 11 is 1.15. The number of nitrogens with one attached hydrogen (secondary N) is 3. The van der Waals surface area contributed by atoms with Crippen LogP contribution in [-0.2, 0) is 14.4 Å². The van der Waals surface area contributed by atoms with Gasteiger partial charge < -0.3 is 10.6 Å². The summed E-state index contributed by atoms with van der Waals surface area (Å²) in [5.41, 5.74) is 2.24. The van der Waals surface area contributed by atoms with Crippen LogP contribution < -0.4 is 10.6 Å². The molecule has 3 N–H and O–H groups in total. The van der Waals surface area contributed by atoms with E-state index in [9.17, 15) is 14.4 Å². The number of hydrogen-bond acceptors (Lipinski definition) is 7. The van der Waals surface area contributed by atoms with Crippen molar-refractivity contribution >= 4 is 52.0 Å². The second kappa shape index (κ2) is 10.0. The molecule has 1 unspecified atom stereocenters. The third-order valence-corrected chi connectivity index (χ3v) is 7.14. The number of rotatable bonds is 6. The number of fused-ring (bicyclic) bond motifs is 3. The van der Waals surface area contributed by atoms with Crippen molar-refractivity contribution in [1.82, 2.24) is 20.4 Å². The molecule has 0 saturated heterocycles. The first-order valence-corrected chi connectivity index (χ1v) is 12.8. The third kappa shape index (κ3) is 5.14. The number of benzene rings is 1. The Balaban J connectivity index is 1.29. The van der Waals surface area contributed by atoms with Gasteiger partial charge in [0.15, 0.2) is 11.0 Å². The zero-order valence-corrected chi connectivity index (χ0v) is 20.2. The number of aromatic nitrogens is 2. The van der Waals surface area contributed by atoms with Gasteiger partial charge in [0.1, 0.15) is 11.9 Å². The van der Waals surface area contributed by atoms with Crippen LogP contribution in [0.4, 0.5) is 11.5 Å². The smallest absolute Gasteiger partial charge is 0.259 e. The molecule has 1 aromatic carbocycles. The molecule has 182 valence electrons. The standard InChI is InChI=1S/C24H27N7O3S/c1-14-11-19(30-29-14)28-21(33)13-35-24-27-17-10-6-5-9-16(17)22-26-18(23(34)31(22)24)12-20(32)25-15-7-3-2-4-8-15/h5-6,9-11,15,18H,2-4,7-8,12-13H2,1H3,(H,25,32)(H2,28,29,30,33). The number of aromatic amines is 1. The van der Waals surface area contributed by atoms with Crippen LogP contribution >= 0.6 is 11.8 Å². The molecule has 0 radical (unpaired) electrons. The molecular weight excluding hydrogens is 466 g/mol. The minimum atomic E-state index is -0.814. The van der Waals surface area contributed by atoms with Gasteiger partial charge in [0.25, 0.3) is 5.91 Å². The van der Waals surface area contributed by atoms with Crippen LogP contribution in [0.15, 0.2) is 40.3 Å². The molecule has 5 rings (SSSR count). The number of carbonyl (C=O) groups is 3. The van der Waals surface area contributed by atoms with Gasteiger partial charge in [0.2, 0.25) is 11.8 Å². The highest BCUT2D eigenvalue weighted by Crippen LogP contribution is 2.34. The average molecular weight is 494 g/mol. The van der Waals surface area contributed by atoms with E-state index in [0.29, 0.717) is 22.5 Å². The zero-order valence-electron chi connectivity index (χ0n) is 19.4. The number of amides is 3. The maximum Gasteiger partial charge on any atom is 0.259 e. The van der Waals surface area contributed by atoms with Gasteiger partial charge in [0.05, 0.1) is 17.9 Å². The highest BCUT2D eigenvalue weighted by molar-refractivity contribution is 8.14. The molecule has 10 nitrogen and oxygen atoms in total. The predicted molar refractivity (Wildman–Crippen MR) is 135 cm³/mol. The quantitative estimate of drug-likeness (QED) is 0.569. The van der Waals surface area contributed by atoms with Gasteiger partial charge in [-0.1, -0.05) is 43.2 Å². The van der Waals surface area contributed by atoms with Gasteiger partial charge in [-0.25, -0.2) is 9.89 Å². The first kappa shape index (κ1) is 23.3. The first-order chi connectivity index (χ1) is 17.0. The first-order valence-electron chi connectivity index (χ1n) is 11.8. The van der Waals surface area contributed by atoms with Crippen molar-refractivity contribution < 1.29 is 14.4 Å². The number of carbonyl (C=O) groups excluding carboxylic acids is 3. The maximum absolute atomic E-state index is 13.3. The van der Waals surface area contributed by atoms with Crippen molar-refractivity contribution in [2.75, 3.05) is 11.1 Å². The van der Waals surface area contributed by atoms with E-state index in [1.807, 2.05) is 31.2 Å². The van der Waals surface area contributed by atoms with Crippen molar-refractivity contribution in [3.63, 3.8) is 0 Å². The fourth-order valence-corrected chi connectivity index (χ4v) is 5.33. The molecule has 3 heterocycles. The van der Waals surface area contributed by atoms with E-state index < -0.39 is 6.04 Å². The molecule has 1 fully saturated rings. The molecular formula is C24H27N7O3S. The molecule has 3 aliphatic rings. The summed E-state index contributed by atoms with van der Waals surface area (Å²) in [6, 6.07) is 8.51. The molecule has 1 saturated carbocycles. The Labute approximate surface area is 207 Å². The van der Waals surface area contributed by atoms with E-state index in [1.165, 1.54) is 11.3 Å². The molecule has 1 aromatic heterocycles. The number of hydrogen-bond donors (Lipinski definition) is 3. The summed E-state index contributed by atoms with van der Waals surface area (Å²) < 4.78 is 0. The van der Waals surface area contributed by atoms with E-state index >= 15 is 0 Å². The van der Waals surface area contributed by atoms with E-state index in [0.717, 1.165) is 48.7 Å². The minimum absolute atomic E-state index is 0.00551. The monoisotopic (exact) mass is 493 g/mol. The Bertz CT molecular complexity index is 1220. The van der Waals surface area contributed by atoms with E-state index in [4.69, 9.17) is 0 Å². The lowest BCUT2D eigenvalue weighted by Gasteiger charge is -2.25. The lowest BCUT2D eigenvalue weighted by atomic mass is 9.95. The van der Waals surface area contributed by atoms with Crippen molar-refractivity contribution in [3.8, 4) is 0 Å². The average Bonchev–Trinajstić information content (AvgIpc) is 3.40. The van der Waals surface area contributed by atoms with Crippen LogP contribution in [0.3, 0.4) is 0 Å². The summed E-state index contributed by atoms with van der Waals surface area (Å²) in [5.74, 6) is 0.220. The number of aryl methyl sites for hydroxylation is 1. The second-order valence-electron chi connectivity index (χ2n) is 8.93. The number of para-hydroxylation sites is 1. The molecule has 1 atom stereocenters. The van der Waals surface area contributed by atoms with Gasteiger partial charge in [-0.2, -0.15) is 5.10 Å². The Morgan fingerprint density at radius 2 is 1.97 bits per heavy atom. The summed E-state index contributed by atoms with van der Waals surface area (Å²) in [5, 5.41) is 12.9. The fourth-order valence-electron chi connectivity index (χ4n) is 4.53. The lowest BCUT2D eigenvalue weighted by molar-refractivity contribution is -0.129. The Hall–Kier alpha value is -3.47. The maximum atomic E-state index is 13.3. The number of amidine groups is 2. The van der Waals surface area contributed by atoms with Gasteiger partial charge in [-0.05, 0) is 31.9 Å². The van der Waals surface area contributed by atoms with Gasteiger partial charge in [0, 0.05) is 23.4 Å². The largest absolute Gasteiger partial charge is 0.353 e. The highest BCUT2D eigenvalue weighted by atomic mass is 32.2. The lowest BCUT2D eigenvalue weighted by Crippen LogP contribution is -2.43. The second-order valence-corrected chi connectivity index (χ2v) is 9.88. The van der Waals surface area contributed by atoms with Crippen molar-refractivity contribution in [2.45, 2.75) is 57.5 Å². The molecule has 0 bridgehead atoms. The van der Waals surface area contributed by atoms with E-state index in [1.54, 1.807) is 6.07 Å². The third-order valence-electron chi connectivity index (χ3n) is 6.20. The van der Waals surface area contributed by atoms with Crippen LogP contribution in [0.5, 0.6) is 0 Å². The Kier molecular flexibility index (Phi) is 6.67.